The number of hydroxylamine groups is 1. The third-order valence-electron chi connectivity index (χ3n) is 2.71. The highest BCUT2D eigenvalue weighted by molar-refractivity contribution is 7.89. The topological polar surface area (TPSA) is 58.4 Å². The molecule has 5 nitrogen and oxygen atoms in total. The molecule has 118 valence electrons. The van der Waals surface area contributed by atoms with Crippen molar-refractivity contribution in [1.29, 1.82) is 0 Å². The van der Waals surface area contributed by atoms with Gasteiger partial charge in [0.05, 0.1) is 10.5 Å². The number of sulfonamides is 1. The third-order valence-corrected chi connectivity index (χ3v) is 4.45. The SMILES string of the molecule is CO/[N+](=C\c1ccccc1S(=O)(=O)NC(C)C)C(C)(C)C. The molecule has 0 aliphatic rings. The number of rotatable bonds is 5. The molecule has 21 heavy (non-hydrogen) atoms. The van der Waals surface area contributed by atoms with E-state index >= 15 is 0 Å². The van der Waals surface area contributed by atoms with E-state index in [9.17, 15) is 8.42 Å². The van der Waals surface area contributed by atoms with E-state index in [4.69, 9.17) is 4.84 Å². The van der Waals surface area contributed by atoms with Gasteiger partial charge in [0.1, 0.15) is 7.11 Å². The molecule has 0 unspecified atom stereocenters. The molecular formula is C15H25N2O3S+. The van der Waals surface area contributed by atoms with Gasteiger partial charge in [0.25, 0.3) is 0 Å². The number of benzene rings is 1. The van der Waals surface area contributed by atoms with Gasteiger partial charge in [-0.1, -0.05) is 12.1 Å². The normalized spacial score (nSPS) is 13.6. The lowest BCUT2D eigenvalue weighted by molar-refractivity contribution is -0.821. The molecule has 0 aliphatic carbocycles. The van der Waals surface area contributed by atoms with Crippen molar-refractivity contribution < 1.29 is 18.0 Å². The zero-order valence-electron chi connectivity index (χ0n) is 13.5. The molecular weight excluding hydrogens is 288 g/mol. The molecule has 1 aromatic carbocycles. The predicted octanol–water partition coefficient (Wildman–Crippen LogP) is 2.16. The maximum atomic E-state index is 12.4. The summed E-state index contributed by atoms with van der Waals surface area (Å²) in [5.41, 5.74) is 0.305. The standard InChI is InChI=1S/C15H25N2O3S/c1-12(2)16-21(18,19)14-10-8-7-9-13(14)11-17(20-6)15(3,4)5/h7-12,16H,1-6H3/q+1/b17-11-. The van der Waals surface area contributed by atoms with E-state index in [1.165, 1.54) is 0 Å². The summed E-state index contributed by atoms with van der Waals surface area (Å²) < 4.78 is 29.0. The van der Waals surface area contributed by atoms with Crippen molar-refractivity contribution in [3.63, 3.8) is 0 Å². The fraction of sp³-hybridized carbons (Fsp3) is 0.533. The monoisotopic (exact) mass is 313 g/mol. The van der Waals surface area contributed by atoms with Crippen LogP contribution in [0.3, 0.4) is 0 Å². The fourth-order valence-electron chi connectivity index (χ4n) is 1.85. The quantitative estimate of drug-likeness (QED) is 0.515. The van der Waals surface area contributed by atoms with Gasteiger partial charge in [0.2, 0.25) is 21.8 Å². The average Bonchev–Trinajstić information content (AvgIpc) is 2.33. The Bertz CT molecular complexity index is 614. The van der Waals surface area contributed by atoms with E-state index in [1.807, 2.05) is 20.8 Å². The Morgan fingerprint density at radius 2 is 1.81 bits per heavy atom. The first-order chi connectivity index (χ1) is 9.58. The number of nitrogens with zero attached hydrogens (tertiary/aromatic N) is 1. The van der Waals surface area contributed by atoms with Crippen LogP contribution >= 0.6 is 0 Å². The number of hydrogen-bond acceptors (Lipinski definition) is 3. The smallest absolute Gasteiger partial charge is 0.241 e. The molecule has 0 saturated carbocycles. The molecule has 0 aliphatic heterocycles. The summed E-state index contributed by atoms with van der Waals surface area (Å²) in [4.78, 5) is 5.57. The third kappa shape index (κ3) is 4.82. The van der Waals surface area contributed by atoms with Crippen molar-refractivity contribution in [2.24, 2.45) is 0 Å². The summed E-state index contributed by atoms with van der Waals surface area (Å²) in [5.74, 6) is 0. The summed E-state index contributed by atoms with van der Waals surface area (Å²) in [5, 5.41) is 0. The van der Waals surface area contributed by atoms with Crippen LogP contribution in [0.5, 0.6) is 0 Å². The van der Waals surface area contributed by atoms with Crippen LogP contribution in [0, 0.1) is 0 Å². The molecule has 0 fully saturated rings. The van der Waals surface area contributed by atoms with Gasteiger partial charge in [0.15, 0.2) is 0 Å². The molecule has 0 saturated heterocycles. The Morgan fingerprint density at radius 1 is 1.24 bits per heavy atom. The molecule has 0 radical (unpaired) electrons. The van der Waals surface area contributed by atoms with Crippen LogP contribution in [-0.4, -0.2) is 38.1 Å². The molecule has 0 aromatic heterocycles. The van der Waals surface area contributed by atoms with E-state index in [1.54, 1.807) is 56.2 Å². The van der Waals surface area contributed by atoms with Crippen molar-refractivity contribution in [1.82, 2.24) is 4.72 Å². The second-order valence-corrected chi connectivity index (χ2v) is 7.80. The van der Waals surface area contributed by atoms with Gasteiger partial charge in [0, 0.05) is 26.8 Å². The van der Waals surface area contributed by atoms with Crippen molar-refractivity contribution in [3.8, 4) is 0 Å². The molecule has 0 amide bonds. The van der Waals surface area contributed by atoms with Gasteiger partial charge in [-0.25, -0.2) is 13.1 Å². The first-order valence-electron chi connectivity index (χ1n) is 6.87. The maximum absolute atomic E-state index is 12.4. The molecule has 6 heteroatoms. The summed E-state index contributed by atoms with van der Waals surface area (Å²) in [6.45, 7) is 9.53. The molecule has 0 heterocycles. The lowest BCUT2D eigenvalue weighted by Gasteiger charge is -2.15. The van der Waals surface area contributed by atoms with Gasteiger partial charge in [-0.2, -0.15) is 0 Å². The Kier molecular flexibility index (Phi) is 5.53. The molecule has 0 spiro atoms. The van der Waals surface area contributed by atoms with E-state index in [0.29, 0.717) is 5.56 Å². The Morgan fingerprint density at radius 3 is 2.29 bits per heavy atom. The summed E-state index contributed by atoms with van der Waals surface area (Å²) in [6.07, 6.45) is 1.70. The van der Waals surface area contributed by atoms with Crippen LogP contribution in [0.15, 0.2) is 29.2 Å². The van der Waals surface area contributed by atoms with Crippen molar-refractivity contribution >= 4 is 16.2 Å². The summed E-state index contributed by atoms with van der Waals surface area (Å²) in [6, 6.07) is 6.70. The van der Waals surface area contributed by atoms with Gasteiger partial charge in [-0.3, -0.25) is 4.84 Å². The molecule has 0 atom stereocenters. The minimum atomic E-state index is -3.55. The number of hydrogen-bond donors (Lipinski definition) is 1. The van der Waals surface area contributed by atoms with Gasteiger partial charge in [-0.15, -0.1) is 0 Å². The lowest BCUT2D eigenvalue weighted by atomic mass is 10.1. The Hall–Kier alpha value is -1.40. The highest BCUT2D eigenvalue weighted by Gasteiger charge is 2.28. The minimum Gasteiger partial charge on any atom is -0.280 e. The van der Waals surface area contributed by atoms with Crippen molar-refractivity contribution in [3.05, 3.63) is 29.8 Å². The van der Waals surface area contributed by atoms with Crippen LogP contribution in [0.4, 0.5) is 0 Å². The van der Waals surface area contributed by atoms with Gasteiger partial charge >= 0.3 is 0 Å². The second kappa shape index (κ2) is 6.58. The molecule has 1 rings (SSSR count). The Labute approximate surface area is 127 Å². The van der Waals surface area contributed by atoms with Crippen LogP contribution in [-0.2, 0) is 14.9 Å². The van der Waals surface area contributed by atoms with Crippen LogP contribution < -0.4 is 4.72 Å². The van der Waals surface area contributed by atoms with Crippen LogP contribution in [0.25, 0.3) is 0 Å². The first-order valence-corrected chi connectivity index (χ1v) is 8.36. The largest absolute Gasteiger partial charge is 0.280 e. The van der Waals surface area contributed by atoms with Gasteiger partial charge < -0.3 is 0 Å². The Balaban J connectivity index is 3.38. The zero-order valence-corrected chi connectivity index (χ0v) is 14.4. The van der Waals surface area contributed by atoms with Crippen molar-refractivity contribution in [2.75, 3.05) is 7.11 Å². The first kappa shape index (κ1) is 17.7. The van der Waals surface area contributed by atoms with E-state index in [-0.39, 0.29) is 16.5 Å². The van der Waals surface area contributed by atoms with E-state index in [0.717, 1.165) is 0 Å². The fourth-order valence-corrected chi connectivity index (χ4v) is 3.29. The van der Waals surface area contributed by atoms with Crippen molar-refractivity contribution in [2.45, 2.75) is 51.1 Å². The molecule has 1 aromatic rings. The maximum Gasteiger partial charge on any atom is 0.241 e. The second-order valence-electron chi connectivity index (χ2n) is 6.12. The van der Waals surface area contributed by atoms with Crippen LogP contribution in [0.2, 0.25) is 0 Å². The van der Waals surface area contributed by atoms with E-state index in [2.05, 4.69) is 4.72 Å². The summed E-state index contributed by atoms with van der Waals surface area (Å²) >= 11 is 0. The van der Waals surface area contributed by atoms with Crippen LogP contribution in [0.1, 0.15) is 40.2 Å². The van der Waals surface area contributed by atoms with E-state index < -0.39 is 10.0 Å². The minimum absolute atomic E-state index is 0.163. The summed E-state index contributed by atoms with van der Waals surface area (Å²) in [7, 11) is -1.99. The molecule has 1 N–H and O–H groups in total. The zero-order chi connectivity index (χ0) is 16.3. The average molecular weight is 313 g/mol. The van der Waals surface area contributed by atoms with Gasteiger partial charge in [-0.05, 0) is 30.7 Å². The number of nitrogens with one attached hydrogen (secondary N) is 1. The predicted molar refractivity (Wildman–Crippen MR) is 84.1 cm³/mol. The lowest BCUT2D eigenvalue weighted by Crippen LogP contribution is -2.34. The molecule has 0 bridgehead atoms. The highest BCUT2D eigenvalue weighted by Crippen LogP contribution is 2.15. The highest BCUT2D eigenvalue weighted by atomic mass is 32.2.